The van der Waals surface area contributed by atoms with E-state index in [-0.39, 0.29) is 0 Å². The number of nitrogens with one attached hydrogen (secondary N) is 1. The topological polar surface area (TPSA) is 15.3 Å². The smallest absolute Gasteiger partial charge is 0.0243 e. The van der Waals surface area contributed by atoms with Crippen LogP contribution in [0.1, 0.15) is 60.8 Å². The second-order valence-electron chi connectivity index (χ2n) is 7.15. The summed E-state index contributed by atoms with van der Waals surface area (Å²) in [7, 11) is 0. The minimum atomic E-state index is 0.357. The van der Waals surface area contributed by atoms with Gasteiger partial charge < -0.3 is 5.32 Å². The number of rotatable bonds is 4. The van der Waals surface area contributed by atoms with Crippen molar-refractivity contribution in [3.63, 3.8) is 0 Å². The standard InChI is InChI=1S/C16H34N2/c1-7-14(8-2)11-18-12-15(16(4,5)6)17-10-9-13(18)3/h13-15,17H,7-12H2,1-6H3. The summed E-state index contributed by atoms with van der Waals surface area (Å²) in [5, 5.41) is 3.75. The van der Waals surface area contributed by atoms with Gasteiger partial charge in [-0.2, -0.15) is 0 Å². The molecule has 1 saturated heterocycles. The molecule has 0 radical (unpaired) electrons. The predicted octanol–water partition coefficient (Wildman–Crippen LogP) is 3.52. The molecule has 0 aromatic heterocycles. The fraction of sp³-hybridized carbons (Fsp3) is 1.00. The summed E-state index contributed by atoms with van der Waals surface area (Å²) in [4.78, 5) is 2.73. The third-order valence-electron chi connectivity index (χ3n) is 4.69. The first-order chi connectivity index (χ1) is 8.38. The highest BCUT2D eigenvalue weighted by Crippen LogP contribution is 2.24. The molecule has 1 aliphatic rings. The van der Waals surface area contributed by atoms with Crippen molar-refractivity contribution in [1.82, 2.24) is 10.2 Å². The van der Waals surface area contributed by atoms with Crippen molar-refractivity contribution in [2.75, 3.05) is 19.6 Å². The molecule has 0 aromatic rings. The average Bonchev–Trinajstić information content (AvgIpc) is 2.48. The molecule has 0 spiro atoms. The molecular weight excluding hydrogens is 220 g/mol. The molecule has 18 heavy (non-hydrogen) atoms. The van der Waals surface area contributed by atoms with Gasteiger partial charge in [0.2, 0.25) is 0 Å². The van der Waals surface area contributed by atoms with Crippen LogP contribution < -0.4 is 5.32 Å². The Balaban J connectivity index is 2.67. The quantitative estimate of drug-likeness (QED) is 0.826. The Kier molecular flexibility index (Phi) is 6.13. The fourth-order valence-electron chi connectivity index (χ4n) is 2.84. The van der Waals surface area contributed by atoms with Gasteiger partial charge in [-0.25, -0.2) is 0 Å². The lowest BCUT2D eigenvalue weighted by Crippen LogP contribution is -2.48. The van der Waals surface area contributed by atoms with Crippen molar-refractivity contribution in [3.8, 4) is 0 Å². The first-order valence-electron chi connectivity index (χ1n) is 7.85. The normalized spacial score (nSPS) is 27.5. The van der Waals surface area contributed by atoms with E-state index in [4.69, 9.17) is 0 Å². The lowest BCUT2D eigenvalue weighted by atomic mass is 9.86. The van der Waals surface area contributed by atoms with Gasteiger partial charge >= 0.3 is 0 Å². The van der Waals surface area contributed by atoms with Crippen LogP contribution in [0.2, 0.25) is 0 Å². The van der Waals surface area contributed by atoms with Crippen molar-refractivity contribution < 1.29 is 0 Å². The van der Waals surface area contributed by atoms with Gasteiger partial charge in [-0.1, -0.05) is 47.5 Å². The van der Waals surface area contributed by atoms with Crippen LogP contribution in [0.4, 0.5) is 0 Å². The summed E-state index contributed by atoms with van der Waals surface area (Å²) in [6.07, 6.45) is 3.91. The molecule has 1 N–H and O–H groups in total. The molecule has 0 aliphatic carbocycles. The van der Waals surface area contributed by atoms with Crippen molar-refractivity contribution >= 4 is 0 Å². The van der Waals surface area contributed by atoms with Crippen LogP contribution in [0.25, 0.3) is 0 Å². The van der Waals surface area contributed by atoms with Gasteiger partial charge in [0.25, 0.3) is 0 Å². The molecule has 0 amide bonds. The van der Waals surface area contributed by atoms with Gasteiger partial charge in [-0.05, 0) is 31.2 Å². The SMILES string of the molecule is CCC(CC)CN1CC(C(C)(C)C)NCCC1C. The van der Waals surface area contributed by atoms with Crippen molar-refractivity contribution in [3.05, 3.63) is 0 Å². The Labute approximate surface area is 115 Å². The molecule has 2 heteroatoms. The molecular formula is C16H34N2. The van der Waals surface area contributed by atoms with E-state index in [1.165, 1.54) is 38.9 Å². The third-order valence-corrected chi connectivity index (χ3v) is 4.69. The van der Waals surface area contributed by atoms with Crippen LogP contribution in [-0.2, 0) is 0 Å². The lowest BCUT2D eigenvalue weighted by Gasteiger charge is -2.36. The zero-order chi connectivity index (χ0) is 13.8. The molecule has 0 bridgehead atoms. The number of hydrogen-bond acceptors (Lipinski definition) is 2. The largest absolute Gasteiger partial charge is 0.312 e. The number of hydrogen-bond donors (Lipinski definition) is 1. The third kappa shape index (κ3) is 4.55. The zero-order valence-corrected chi connectivity index (χ0v) is 13.4. The summed E-state index contributed by atoms with van der Waals surface area (Å²) < 4.78 is 0. The maximum absolute atomic E-state index is 3.75. The second-order valence-corrected chi connectivity index (χ2v) is 7.15. The highest BCUT2D eigenvalue weighted by Gasteiger charge is 2.30. The molecule has 2 nitrogen and oxygen atoms in total. The Morgan fingerprint density at radius 2 is 1.83 bits per heavy atom. The maximum Gasteiger partial charge on any atom is 0.0243 e. The van der Waals surface area contributed by atoms with Crippen LogP contribution in [0.5, 0.6) is 0 Å². The lowest BCUT2D eigenvalue weighted by molar-refractivity contribution is 0.140. The highest BCUT2D eigenvalue weighted by atomic mass is 15.2. The summed E-state index contributed by atoms with van der Waals surface area (Å²) in [6.45, 7) is 17.8. The van der Waals surface area contributed by atoms with Gasteiger partial charge in [0, 0.05) is 25.2 Å². The van der Waals surface area contributed by atoms with Crippen LogP contribution in [0.3, 0.4) is 0 Å². The molecule has 1 rings (SSSR count). The van der Waals surface area contributed by atoms with E-state index in [1.807, 2.05) is 0 Å². The van der Waals surface area contributed by atoms with Crippen molar-refractivity contribution in [2.45, 2.75) is 72.9 Å². The van der Waals surface area contributed by atoms with Crippen LogP contribution in [0, 0.1) is 11.3 Å². The Bertz CT molecular complexity index is 228. The number of nitrogens with zero attached hydrogens (tertiary/aromatic N) is 1. The maximum atomic E-state index is 3.75. The molecule has 1 aliphatic heterocycles. The second kappa shape index (κ2) is 6.91. The van der Waals surface area contributed by atoms with E-state index in [2.05, 4.69) is 51.8 Å². The summed E-state index contributed by atoms with van der Waals surface area (Å²) in [5.41, 5.74) is 0.357. The molecule has 1 fully saturated rings. The minimum absolute atomic E-state index is 0.357. The molecule has 0 aromatic carbocycles. The van der Waals surface area contributed by atoms with Crippen LogP contribution >= 0.6 is 0 Å². The molecule has 2 unspecified atom stereocenters. The van der Waals surface area contributed by atoms with E-state index in [0.717, 1.165) is 12.0 Å². The highest BCUT2D eigenvalue weighted by molar-refractivity contribution is 4.88. The van der Waals surface area contributed by atoms with E-state index in [1.54, 1.807) is 0 Å². The summed E-state index contributed by atoms with van der Waals surface area (Å²) >= 11 is 0. The first-order valence-corrected chi connectivity index (χ1v) is 7.85. The van der Waals surface area contributed by atoms with Crippen molar-refractivity contribution in [1.29, 1.82) is 0 Å². The van der Waals surface area contributed by atoms with Gasteiger partial charge in [-0.15, -0.1) is 0 Å². The fourth-order valence-corrected chi connectivity index (χ4v) is 2.84. The summed E-state index contributed by atoms with van der Waals surface area (Å²) in [5.74, 6) is 0.867. The van der Waals surface area contributed by atoms with Gasteiger partial charge in [-0.3, -0.25) is 4.90 Å². The Morgan fingerprint density at radius 1 is 1.22 bits per heavy atom. The van der Waals surface area contributed by atoms with E-state index in [9.17, 15) is 0 Å². The van der Waals surface area contributed by atoms with Gasteiger partial charge in [0.1, 0.15) is 0 Å². The Morgan fingerprint density at radius 3 is 2.33 bits per heavy atom. The molecule has 2 atom stereocenters. The monoisotopic (exact) mass is 254 g/mol. The van der Waals surface area contributed by atoms with E-state index >= 15 is 0 Å². The zero-order valence-electron chi connectivity index (χ0n) is 13.4. The van der Waals surface area contributed by atoms with Crippen LogP contribution in [-0.4, -0.2) is 36.6 Å². The molecule has 1 heterocycles. The van der Waals surface area contributed by atoms with E-state index in [0.29, 0.717) is 11.5 Å². The van der Waals surface area contributed by atoms with Crippen molar-refractivity contribution in [2.24, 2.45) is 11.3 Å². The average molecular weight is 254 g/mol. The van der Waals surface area contributed by atoms with Gasteiger partial charge in [0.15, 0.2) is 0 Å². The van der Waals surface area contributed by atoms with E-state index < -0.39 is 0 Å². The molecule has 108 valence electrons. The van der Waals surface area contributed by atoms with Crippen LogP contribution in [0.15, 0.2) is 0 Å². The molecule has 0 saturated carbocycles. The summed E-state index contributed by atoms with van der Waals surface area (Å²) in [6, 6.07) is 1.35. The first kappa shape index (κ1) is 16.0. The Hall–Kier alpha value is -0.0800. The minimum Gasteiger partial charge on any atom is -0.312 e. The van der Waals surface area contributed by atoms with Gasteiger partial charge in [0.05, 0.1) is 0 Å². The predicted molar refractivity (Wildman–Crippen MR) is 81.0 cm³/mol.